The van der Waals surface area contributed by atoms with E-state index in [2.05, 4.69) is 22.6 Å². The van der Waals surface area contributed by atoms with Crippen LogP contribution in [-0.4, -0.2) is 0 Å². The Morgan fingerprint density at radius 1 is 1.36 bits per heavy atom. The number of hydrogen-bond donors (Lipinski definition) is 0. The fourth-order valence-corrected chi connectivity index (χ4v) is 3.11. The summed E-state index contributed by atoms with van der Waals surface area (Å²) in [6.07, 6.45) is -2.38. The Balaban J connectivity index is 2.82. The van der Waals surface area contributed by atoms with Gasteiger partial charge < -0.3 is 0 Å². The molecule has 0 radical (unpaired) electrons. The van der Waals surface area contributed by atoms with Gasteiger partial charge in [-0.15, -0.1) is 11.3 Å². The van der Waals surface area contributed by atoms with Gasteiger partial charge in [-0.2, -0.15) is 0 Å². The zero-order valence-corrected chi connectivity index (χ0v) is 10.3. The molecule has 0 aliphatic rings. The molecule has 0 fully saturated rings. The first-order chi connectivity index (χ1) is 6.59. The molecule has 4 heteroatoms. The van der Waals surface area contributed by atoms with Crippen LogP contribution in [0.2, 0.25) is 0 Å². The number of alkyl halides is 2. The first kappa shape index (κ1) is 10.3. The van der Waals surface area contributed by atoms with Gasteiger partial charge in [-0.1, -0.05) is 0 Å². The molecular weight excluding hydrogens is 317 g/mol. The van der Waals surface area contributed by atoms with E-state index in [9.17, 15) is 8.78 Å². The average molecular weight is 324 g/mol. The standard InChI is InChI=1S/C10H7F2IS/c1-5-4-14-9-7(5)2-6(13)3-8(9)10(11)12/h2-4,10H,1H3. The number of halogens is 3. The first-order valence-electron chi connectivity index (χ1n) is 4.05. The summed E-state index contributed by atoms with van der Waals surface area (Å²) >= 11 is 3.47. The number of aryl methyl sites for hydroxylation is 1. The first-order valence-corrected chi connectivity index (χ1v) is 6.01. The van der Waals surface area contributed by atoms with Crippen LogP contribution in [0.1, 0.15) is 17.6 Å². The molecular formula is C10H7F2IS. The van der Waals surface area contributed by atoms with Crippen molar-refractivity contribution < 1.29 is 8.78 Å². The van der Waals surface area contributed by atoms with Crippen LogP contribution in [0.4, 0.5) is 8.78 Å². The molecule has 0 unspecified atom stereocenters. The van der Waals surface area contributed by atoms with Gasteiger partial charge in [-0.25, -0.2) is 8.78 Å². The van der Waals surface area contributed by atoms with Gasteiger partial charge in [-0.3, -0.25) is 0 Å². The molecule has 0 saturated carbocycles. The van der Waals surface area contributed by atoms with Gasteiger partial charge in [-0.05, 0) is 58.0 Å². The fourth-order valence-electron chi connectivity index (χ4n) is 1.41. The SMILES string of the molecule is Cc1csc2c(C(F)F)cc(I)cc12. The van der Waals surface area contributed by atoms with Crippen LogP contribution in [0.15, 0.2) is 17.5 Å². The third kappa shape index (κ3) is 1.65. The van der Waals surface area contributed by atoms with Crippen molar-refractivity contribution in [3.8, 4) is 0 Å². The predicted molar refractivity (Wildman–Crippen MR) is 64.2 cm³/mol. The summed E-state index contributed by atoms with van der Waals surface area (Å²) in [7, 11) is 0. The largest absolute Gasteiger partial charge is 0.265 e. The molecule has 0 amide bonds. The smallest absolute Gasteiger partial charge is 0.205 e. The quantitative estimate of drug-likeness (QED) is 0.664. The Hall–Kier alpha value is -0.230. The Kier molecular flexibility index (Phi) is 2.74. The highest BCUT2D eigenvalue weighted by Gasteiger charge is 2.14. The van der Waals surface area contributed by atoms with E-state index in [1.807, 2.05) is 18.4 Å². The Bertz CT molecular complexity index is 476. The molecule has 0 bridgehead atoms. The third-order valence-corrected chi connectivity index (χ3v) is 3.88. The van der Waals surface area contributed by atoms with Gasteiger partial charge in [0.15, 0.2) is 0 Å². The molecule has 1 aromatic carbocycles. The number of fused-ring (bicyclic) bond motifs is 1. The second kappa shape index (κ2) is 3.73. The Morgan fingerprint density at radius 3 is 2.71 bits per heavy atom. The summed E-state index contributed by atoms with van der Waals surface area (Å²) in [6, 6.07) is 3.51. The third-order valence-electron chi connectivity index (χ3n) is 2.10. The van der Waals surface area contributed by atoms with E-state index in [4.69, 9.17) is 0 Å². The minimum Gasteiger partial charge on any atom is -0.205 e. The van der Waals surface area contributed by atoms with Crippen molar-refractivity contribution in [1.29, 1.82) is 0 Å². The molecule has 0 nitrogen and oxygen atoms in total. The molecule has 0 atom stereocenters. The van der Waals surface area contributed by atoms with Crippen molar-refractivity contribution in [2.24, 2.45) is 0 Å². The molecule has 0 spiro atoms. The second-order valence-corrected chi connectivity index (χ2v) is 5.22. The van der Waals surface area contributed by atoms with Crippen LogP contribution in [-0.2, 0) is 0 Å². The average Bonchev–Trinajstić information content (AvgIpc) is 2.47. The molecule has 1 aromatic heterocycles. The van der Waals surface area contributed by atoms with Crippen molar-refractivity contribution in [2.45, 2.75) is 13.3 Å². The van der Waals surface area contributed by atoms with Crippen LogP contribution < -0.4 is 0 Å². The zero-order chi connectivity index (χ0) is 10.3. The van der Waals surface area contributed by atoms with Crippen LogP contribution in [0.3, 0.4) is 0 Å². The summed E-state index contributed by atoms with van der Waals surface area (Å²) in [5.41, 5.74) is 1.23. The lowest BCUT2D eigenvalue weighted by Gasteiger charge is -2.03. The van der Waals surface area contributed by atoms with Crippen molar-refractivity contribution in [3.05, 3.63) is 32.2 Å². The maximum absolute atomic E-state index is 12.7. The molecule has 2 aromatic rings. The fraction of sp³-hybridized carbons (Fsp3) is 0.200. The monoisotopic (exact) mass is 324 g/mol. The predicted octanol–water partition coefficient (Wildman–Crippen LogP) is 4.75. The summed E-state index contributed by atoms with van der Waals surface area (Å²) in [4.78, 5) is 0. The lowest BCUT2D eigenvalue weighted by molar-refractivity contribution is 0.153. The molecule has 2 rings (SSSR count). The zero-order valence-electron chi connectivity index (χ0n) is 7.35. The highest BCUT2D eigenvalue weighted by molar-refractivity contribution is 14.1. The van der Waals surface area contributed by atoms with E-state index >= 15 is 0 Å². The van der Waals surface area contributed by atoms with Gasteiger partial charge >= 0.3 is 0 Å². The van der Waals surface area contributed by atoms with E-state index in [0.29, 0.717) is 0 Å². The van der Waals surface area contributed by atoms with Crippen molar-refractivity contribution >= 4 is 44.0 Å². The van der Waals surface area contributed by atoms with Crippen molar-refractivity contribution in [1.82, 2.24) is 0 Å². The van der Waals surface area contributed by atoms with Crippen LogP contribution in [0.25, 0.3) is 10.1 Å². The van der Waals surface area contributed by atoms with Gasteiger partial charge in [0.25, 0.3) is 6.43 Å². The maximum Gasteiger partial charge on any atom is 0.265 e. The molecule has 0 saturated heterocycles. The normalized spacial score (nSPS) is 11.5. The minimum atomic E-state index is -2.38. The topological polar surface area (TPSA) is 0 Å². The summed E-state index contributed by atoms with van der Waals surface area (Å²) < 4.78 is 27.0. The highest BCUT2D eigenvalue weighted by Crippen LogP contribution is 2.35. The van der Waals surface area contributed by atoms with E-state index in [-0.39, 0.29) is 5.56 Å². The summed E-state index contributed by atoms with van der Waals surface area (Å²) in [5.74, 6) is 0. The van der Waals surface area contributed by atoms with Crippen molar-refractivity contribution in [2.75, 3.05) is 0 Å². The maximum atomic E-state index is 12.7. The Labute approximate surface area is 98.1 Å². The Morgan fingerprint density at radius 2 is 2.07 bits per heavy atom. The second-order valence-electron chi connectivity index (χ2n) is 3.09. The van der Waals surface area contributed by atoms with Gasteiger partial charge in [0.1, 0.15) is 0 Å². The van der Waals surface area contributed by atoms with E-state index in [0.717, 1.165) is 19.2 Å². The van der Waals surface area contributed by atoms with Crippen molar-refractivity contribution in [3.63, 3.8) is 0 Å². The highest BCUT2D eigenvalue weighted by atomic mass is 127. The van der Waals surface area contributed by atoms with E-state index in [1.54, 1.807) is 6.07 Å². The molecule has 74 valence electrons. The number of benzene rings is 1. The van der Waals surface area contributed by atoms with Gasteiger partial charge in [0.2, 0.25) is 0 Å². The molecule has 1 heterocycles. The molecule has 14 heavy (non-hydrogen) atoms. The summed E-state index contributed by atoms with van der Waals surface area (Å²) in [6.45, 7) is 1.95. The summed E-state index contributed by atoms with van der Waals surface area (Å²) in [5, 5.41) is 2.88. The van der Waals surface area contributed by atoms with E-state index < -0.39 is 6.43 Å². The number of rotatable bonds is 1. The lowest BCUT2D eigenvalue weighted by Crippen LogP contribution is -1.86. The molecule has 0 aliphatic carbocycles. The molecule has 0 N–H and O–H groups in total. The van der Waals surface area contributed by atoms with Gasteiger partial charge in [0.05, 0.1) is 0 Å². The molecule has 0 aliphatic heterocycles. The lowest BCUT2D eigenvalue weighted by atomic mass is 10.1. The van der Waals surface area contributed by atoms with Crippen LogP contribution in [0, 0.1) is 10.5 Å². The number of thiophene rings is 1. The minimum absolute atomic E-state index is 0.157. The van der Waals surface area contributed by atoms with E-state index in [1.165, 1.54) is 11.3 Å². The number of hydrogen-bond acceptors (Lipinski definition) is 1. The van der Waals surface area contributed by atoms with Crippen LogP contribution in [0.5, 0.6) is 0 Å². The van der Waals surface area contributed by atoms with Gasteiger partial charge in [0, 0.05) is 13.8 Å². The van der Waals surface area contributed by atoms with Crippen LogP contribution >= 0.6 is 33.9 Å².